The number of aliphatic hydroxyl groups excluding tert-OH is 1. The Morgan fingerprint density at radius 1 is 1.20 bits per heavy atom. The summed E-state index contributed by atoms with van der Waals surface area (Å²) in [5.74, 6) is -0.789. The minimum atomic E-state index is -0.982. The van der Waals surface area contributed by atoms with Crippen molar-refractivity contribution in [2.75, 3.05) is 20.3 Å². The van der Waals surface area contributed by atoms with Crippen molar-refractivity contribution in [3.63, 3.8) is 0 Å². The number of ketones is 1. The van der Waals surface area contributed by atoms with Gasteiger partial charge in [0, 0.05) is 29.7 Å². The minimum Gasteiger partial charge on any atom is -0.493 e. The van der Waals surface area contributed by atoms with Crippen LogP contribution in [0.5, 0.6) is 11.5 Å². The number of carboxylic acids is 1. The summed E-state index contributed by atoms with van der Waals surface area (Å²) in [6, 6.07) is 5.35. The molecule has 0 bridgehead atoms. The first-order valence-electron chi connectivity index (χ1n) is 7.97. The lowest BCUT2D eigenvalue weighted by molar-refractivity contribution is -0.141. The van der Waals surface area contributed by atoms with Crippen LogP contribution in [0.2, 0.25) is 0 Å². The third kappa shape index (κ3) is 4.70. The standard InChI is InChI=1S/C18H22O6S/c1-10(8-19)9-24-15-5-12-6-17(13(20)4-11(2)18(21)22)25-16(12)7-14(15)23-3/h5-7,10-11,19H,4,8-9H2,1-3H3,(H,21,22). The number of fused-ring (bicyclic) bond motifs is 1. The maximum atomic E-state index is 12.3. The second-order valence-electron chi connectivity index (χ2n) is 6.12. The van der Waals surface area contributed by atoms with Crippen molar-refractivity contribution in [3.8, 4) is 11.5 Å². The molecule has 7 heteroatoms. The second kappa shape index (κ2) is 8.31. The number of carboxylic acid groups (broad SMARTS) is 1. The molecule has 2 unspecified atom stereocenters. The molecule has 0 aliphatic rings. The molecule has 0 spiro atoms. The van der Waals surface area contributed by atoms with Crippen molar-refractivity contribution in [1.29, 1.82) is 0 Å². The topological polar surface area (TPSA) is 93.1 Å². The third-order valence-electron chi connectivity index (χ3n) is 3.83. The smallest absolute Gasteiger partial charge is 0.306 e. The number of ether oxygens (including phenoxy) is 2. The van der Waals surface area contributed by atoms with Gasteiger partial charge in [0.2, 0.25) is 0 Å². The Bertz CT molecular complexity index is 766. The van der Waals surface area contributed by atoms with E-state index in [2.05, 4.69) is 0 Å². The van der Waals surface area contributed by atoms with Gasteiger partial charge in [0.15, 0.2) is 17.3 Å². The van der Waals surface area contributed by atoms with E-state index in [0.29, 0.717) is 23.0 Å². The number of thiophene rings is 1. The van der Waals surface area contributed by atoms with Crippen molar-refractivity contribution in [2.24, 2.45) is 11.8 Å². The molecule has 1 heterocycles. The van der Waals surface area contributed by atoms with E-state index in [1.54, 1.807) is 18.2 Å². The molecule has 1 aromatic carbocycles. The number of aliphatic carboxylic acids is 1. The number of rotatable bonds is 9. The molecule has 2 atom stereocenters. The predicted molar refractivity (Wildman–Crippen MR) is 95.9 cm³/mol. The lowest BCUT2D eigenvalue weighted by Crippen LogP contribution is -2.13. The lowest BCUT2D eigenvalue weighted by Gasteiger charge is -2.13. The van der Waals surface area contributed by atoms with Crippen LogP contribution in [-0.4, -0.2) is 42.3 Å². The van der Waals surface area contributed by atoms with Crippen molar-refractivity contribution in [3.05, 3.63) is 23.1 Å². The Hall–Kier alpha value is -2.12. The summed E-state index contributed by atoms with van der Waals surface area (Å²) in [5.41, 5.74) is 0. The van der Waals surface area contributed by atoms with Gasteiger partial charge in [-0.3, -0.25) is 9.59 Å². The molecule has 25 heavy (non-hydrogen) atoms. The molecule has 2 rings (SSSR count). The van der Waals surface area contributed by atoms with Crippen LogP contribution in [0.1, 0.15) is 29.9 Å². The fraction of sp³-hybridized carbons (Fsp3) is 0.444. The highest BCUT2D eigenvalue weighted by atomic mass is 32.1. The average molecular weight is 366 g/mol. The van der Waals surface area contributed by atoms with Gasteiger partial charge in [0.1, 0.15) is 0 Å². The summed E-state index contributed by atoms with van der Waals surface area (Å²) < 4.78 is 11.9. The van der Waals surface area contributed by atoms with E-state index in [9.17, 15) is 9.59 Å². The molecular weight excluding hydrogens is 344 g/mol. The van der Waals surface area contributed by atoms with E-state index in [1.165, 1.54) is 25.4 Å². The Balaban J connectivity index is 2.26. The van der Waals surface area contributed by atoms with Crippen molar-refractivity contribution in [1.82, 2.24) is 0 Å². The molecule has 0 fully saturated rings. The first-order valence-corrected chi connectivity index (χ1v) is 8.78. The van der Waals surface area contributed by atoms with Crippen molar-refractivity contribution < 1.29 is 29.3 Å². The minimum absolute atomic E-state index is 0.00229. The van der Waals surface area contributed by atoms with Crippen LogP contribution >= 0.6 is 11.3 Å². The highest BCUT2D eigenvalue weighted by Crippen LogP contribution is 2.37. The summed E-state index contributed by atoms with van der Waals surface area (Å²) in [4.78, 5) is 23.7. The first-order chi connectivity index (χ1) is 11.8. The molecule has 0 aliphatic carbocycles. The molecule has 136 valence electrons. The van der Waals surface area contributed by atoms with Crippen LogP contribution in [0.4, 0.5) is 0 Å². The van der Waals surface area contributed by atoms with Crippen LogP contribution in [0.15, 0.2) is 18.2 Å². The van der Waals surface area contributed by atoms with Crippen LogP contribution in [0.25, 0.3) is 10.1 Å². The number of hydrogen-bond acceptors (Lipinski definition) is 6. The molecule has 0 radical (unpaired) electrons. The quantitative estimate of drug-likeness (QED) is 0.662. The number of benzene rings is 1. The highest BCUT2D eigenvalue weighted by Gasteiger charge is 2.19. The van der Waals surface area contributed by atoms with E-state index in [1.807, 2.05) is 6.92 Å². The molecule has 0 saturated heterocycles. The number of hydrogen-bond donors (Lipinski definition) is 2. The Morgan fingerprint density at radius 2 is 1.92 bits per heavy atom. The van der Waals surface area contributed by atoms with Crippen molar-refractivity contribution in [2.45, 2.75) is 20.3 Å². The van der Waals surface area contributed by atoms with Gasteiger partial charge >= 0.3 is 5.97 Å². The molecular formula is C18H22O6S. The number of carbonyl (C=O) groups excluding carboxylic acids is 1. The number of carbonyl (C=O) groups is 2. The van der Waals surface area contributed by atoms with Gasteiger partial charge in [-0.05, 0) is 17.5 Å². The van der Waals surface area contributed by atoms with Gasteiger partial charge in [-0.25, -0.2) is 0 Å². The third-order valence-corrected chi connectivity index (χ3v) is 4.96. The monoisotopic (exact) mass is 366 g/mol. The van der Waals surface area contributed by atoms with Crippen LogP contribution < -0.4 is 9.47 Å². The SMILES string of the molecule is COc1cc2sc(C(=O)CC(C)C(=O)O)cc2cc1OCC(C)CO. The summed E-state index contributed by atoms with van der Waals surface area (Å²) in [5, 5.41) is 18.9. The van der Waals surface area contributed by atoms with Gasteiger partial charge < -0.3 is 19.7 Å². The van der Waals surface area contributed by atoms with Crippen LogP contribution in [0, 0.1) is 11.8 Å². The first kappa shape index (κ1) is 19.2. The fourth-order valence-corrected chi connectivity index (χ4v) is 3.23. The normalized spacial score (nSPS) is 13.4. The zero-order chi connectivity index (χ0) is 18.6. The highest BCUT2D eigenvalue weighted by molar-refractivity contribution is 7.20. The summed E-state index contributed by atoms with van der Waals surface area (Å²) in [6.07, 6.45) is -0.0311. The van der Waals surface area contributed by atoms with E-state index >= 15 is 0 Å². The molecule has 6 nitrogen and oxygen atoms in total. The zero-order valence-corrected chi connectivity index (χ0v) is 15.3. The lowest BCUT2D eigenvalue weighted by atomic mass is 10.0. The van der Waals surface area contributed by atoms with E-state index < -0.39 is 11.9 Å². The van der Waals surface area contributed by atoms with Crippen LogP contribution in [-0.2, 0) is 4.79 Å². The number of methoxy groups -OCH3 is 1. The molecule has 2 aromatic rings. The van der Waals surface area contributed by atoms with Gasteiger partial charge in [-0.2, -0.15) is 0 Å². The van der Waals surface area contributed by atoms with E-state index in [0.717, 1.165) is 10.1 Å². The maximum absolute atomic E-state index is 12.3. The van der Waals surface area contributed by atoms with E-state index in [4.69, 9.17) is 19.7 Å². The summed E-state index contributed by atoms with van der Waals surface area (Å²) in [6.45, 7) is 3.77. The summed E-state index contributed by atoms with van der Waals surface area (Å²) in [7, 11) is 1.54. The Morgan fingerprint density at radius 3 is 2.52 bits per heavy atom. The second-order valence-corrected chi connectivity index (χ2v) is 7.20. The maximum Gasteiger partial charge on any atom is 0.306 e. The predicted octanol–water partition coefficient (Wildman–Crippen LogP) is 3.21. The molecule has 0 amide bonds. The Kier molecular flexibility index (Phi) is 6.39. The fourth-order valence-electron chi connectivity index (χ4n) is 2.21. The van der Waals surface area contributed by atoms with Crippen molar-refractivity contribution >= 4 is 33.2 Å². The van der Waals surface area contributed by atoms with Gasteiger partial charge in [-0.1, -0.05) is 13.8 Å². The molecule has 2 N–H and O–H groups in total. The molecule has 0 aliphatic heterocycles. The molecule has 1 aromatic heterocycles. The van der Waals surface area contributed by atoms with Crippen LogP contribution in [0.3, 0.4) is 0 Å². The van der Waals surface area contributed by atoms with E-state index in [-0.39, 0.29) is 24.7 Å². The van der Waals surface area contributed by atoms with Gasteiger partial charge in [0.25, 0.3) is 0 Å². The zero-order valence-electron chi connectivity index (χ0n) is 14.4. The van der Waals surface area contributed by atoms with Gasteiger partial charge in [0.05, 0.1) is 24.5 Å². The van der Waals surface area contributed by atoms with Gasteiger partial charge in [-0.15, -0.1) is 11.3 Å². The summed E-state index contributed by atoms with van der Waals surface area (Å²) >= 11 is 1.31. The average Bonchev–Trinajstić information content (AvgIpc) is 3.01. The molecule has 0 saturated carbocycles. The Labute approximate surface area is 150 Å². The number of aliphatic hydroxyl groups is 1. The largest absolute Gasteiger partial charge is 0.493 e. The number of Topliss-reactive ketones (excluding diaryl/α,β-unsaturated/α-hetero) is 1.